The van der Waals surface area contributed by atoms with E-state index in [4.69, 9.17) is 5.11 Å². The van der Waals surface area contributed by atoms with Gasteiger partial charge in [0.1, 0.15) is 0 Å². The molecule has 0 aromatic rings. The van der Waals surface area contributed by atoms with Crippen LogP contribution in [0.25, 0.3) is 0 Å². The van der Waals surface area contributed by atoms with Gasteiger partial charge >= 0.3 is 5.97 Å². The Morgan fingerprint density at radius 3 is 2.69 bits per heavy atom. The normalized spacial score (nSPS) is 34.7. The van der Waals surface area contributed by atoms with Gasteiger partial charge in [-0.15, -0.1) is 0 Å². The quantitative estimate of drug-likeness (QED) is 0.715. The molecule has 1 saturated heterocycles. The summed E-state index contributed by atoms with van der Waals surface area (Å²) >= 11 is 0. The smallest absolute Gasteiger partial charge is 0.308 e. The summed E-state index contributed by atoms with van der Waals surface area (Å²) in [5.74, 6) is -1.15. The summed E-state index contributed by atoms with van der Waals surface area (Å²) in [4.78, 5) is 24.0. The summed E-state index contributed by atoms with van der Waals surface area (Å²) in [6, 6.07) is 0. The molecule has 0 spiro atoms. The Bertz CT molecular complexity index is 304. The zero-order valence-electron chi connectivity index (χ0n) is 9.13. The monoisotopic (exact) mass is 227 g/mol. The second-order valence-corrected chi connectivity index (χ2v) is 4.87. The average Bonchev–Trinajstić information content (AvgIpc) is 2.75. The number of carboxylic acids is 1. The summed E-state index contributed by atoms with van der Waals surface area (Å²) in [5, 5.41) is 18.2. The minimum atomic E-state index is -0.887. The minimum Gasteiger partial charge on any atom is -0.481 e. The van der Waals surface area contributed by atoms with E-state index in [1.54, 1.807) is 4.90 Å². The van der Waals surface area contributed by atoms with Crippen molar-refractivity contribution in [3.8, 4) is 0 Å². The molecule has 16 heavy (non-hydrogen) atoms. The predicted octanol–water partition coefficient (Wildman–Crippen LogP) is 0.0805. The average molecular weight is 227 g/mol. The fourth-order valence-corrected chi connectivity index (χ4v) is 2.64. The molecule has 5 heteroatoms. The molecule has 2 rings (SSSR count). The van der Waals surface area contributed by atoms with Crippen LogP contribution in [-0.4, -0.2) is 46.2 Å². The van der Waals surface area contributed by atoms with Crippen LogP contribution in [0.4, 0.5) is 0 Å². The third kappa shape index (κ3) is 2.35. The number of hydrogen-bond donors (Lipinski definition) is 2. The van der Waals surface area contributed by atoms with E-state index in [1.165, 1.54) is 0 Å². The minimum absolute atomic E-state index is 0.0613. The summed E-state index contributed by atoms with van der Waals surface area (Å²) < 4.78 is 0. The number of hydrogen-bond acceptors (Lipinski definition) is 3. The predicted molar refractivity (Wildman–Crippen MR) is 55.7 cm³/mol. The van der Waals surface area contributed by atoms with Gasteiger partial charge in [0.25, 0.3) is 0 Å². The molecule has 0 aromatic heterocycles. The number of carbonyl (C=O) groups is 2. The molecule has 3 atom stereocenters. The number of nitrogens with zero attached hydrogens (tertiary/aromatic N) is 1. The molecule has 1 aliphatic carbocycles. The lowest BCUT2D eigenvalue weighted by molar-refractivity contribution is -0.141. The van der Waals surface area contributed by atoms with Gasteiger partial charge in [0.15, 0.2) is 0 Å². The molecule has 2 N–H and O–H groups in total. The highest BCUT2D eigenvalue weighted by Gasteiger charge is 2.36. The van der Waals surface area contributed by atoms with Crippen molar-refractivity contribution in [1.29, 1.82) is 0 Å². The van der Waals surface area contributed by atoms with Crippen molar-refractivity contribution in [3.63, 3.8) is 0 Å². The number of rotatable bonds is 3. The first-order valence-corrected chi connectivity index (χ1v) is 5.75. The molecule has 2 aliphatic rings. The first-order chi connectivity index (χ1) is 7.56. The summed E-state index contributed by atoms with van der Waals surface area (Å²) in [6.07, 6.45) is 2.36. The van der Waals surface area contributed by atoms with Gasteiger partial charge in [-0.05, 0) is 25.2 Å². The zero-order valence-corrected chi connectivity index (χ0v) is 9.13. The highest BCUT2D eigenvalue weighted by Crippen LogP contribution is 2.28. The highest BCUT2D eigenvalue weighted by atomic mass is 16.4. The Labute approximate surface area is 94.0 Å². The zero-order chi connectivity index (χ0) is 11.7. The van der Waals surface area contributed by atoms with Crippen LogP contribution >= 0.6 is 0 Å². The first kappa shape index (κ1) is 11.4. The van der Waals surface area contributed by atoms with Gasteiger partial charge < -0.3 is 15.1 Å². The van der Waals surface area contributed by atoms with Crippen molar-refractivity contribution >= 4 is 11.9 Å². The molecule has 5 nitrogen and oxygen atoms in total. The second kappa shape index (κ2) is 4.41. The van der Waals surface area contributed by atoms with Crippen LogP contribution in [0.3, 0.4) is 0 Å². The van der Waals surface area contributed by atoms with Crippen molar-refractivity contribution in [2.45, 2.75) is 31.8 Å². The highest BCUT2D eigenvalue weighted by molar-refractivity contribution is 5.86. The van der Waals surface area contributed by atoms with E-state index in [1.807, 2.05) is 0 Å². The van der Waals surface area contributed by atoms with Crippen LogP contribution in [0, 0.1) is 11.8 Å². The van der Waals surface area contributed by atoms with E-state index in [0.717, 1.165) is 19.3 Å². The van der Waals surface area contributed by atoms with Crippen LogP contribution in [-0.2, 0) is 9.59 Å². The molecule has 1 heterocycles. The largest absolute Gasteiger partial charge is 0.481 e. The third-order valence-corrected chi connectivity index (χ3v) is 3.56. The van der Waals surface area contributed by atoms with E-state index in [0.29, 0.717) is 19.0 Å². The Kier molecular flexibility index (Phi) is 3.14. The molecule has 1 saturated carbocycles. The van der Waals surface area contributed by atoms with Gasteiger partial charge in [0, 0.05) is 19.5 Å². The van der Waals surface area contributed by atoms with Gasteiger partial charge in [-0.25, -0.2) is 0 Å². The van der Waals surface area contributed by atoms with Gasteiger partial charge in [-0.2, -0.15) is 0 Å². The van der Waals surface area contributed by atoms with Gasteiger partial charge in [-0.3, -0.25) is 9.59 Å². The topological polar surface area (TPSA) is 77.8 Å². The van der Waals surface area contributed by atoms with Crippen LogP contribution < -0.4 is 0 Å². The Morgan fingerprint density at radius 2 is 2.19 bits per heavy atom. The molecule has 0 bridgehead atoms. The molecule has 0 aromatic carbocycles. The maximum Gasteiger partial charge on any atom is 0.308 e. The van der Waals surface area contributed by atoms with E-state index >= 15 is 0 Å². The summed E-state index contributed by atoms with van der Waals surface area (Å²) in [6.45, 7) is 0.945. The Morgan fingerprint density at radius 1 is 1.44 bits per heavy atom. The summed E-state index contributed by atoms with van der Waals surface area (Å²) in [7, 11) is 0. The van der Waals surface area contributed by atoms with E-state index in [9.17, 15) is 14.7 Å². The number of carboxylic acid groups (broad SMARTS) is 1. The number of likely N-dealkylation sites (tertiary alicyclic amines) is 1. The molecule has 2 fully saturated rings. The maximum atomic E-state index is 11.6. The number of aliphatic hydroxyl groups is 1. The van der Waals surface area contributed by atoms with Crippen molar-refractivity contribution in [1.82, 2.24) is 4.90 Å². The Hall–Kier alpha value is -1.10. The number of carbonyl (C=O) groups excluding carboxylic acids is 1. The molecule has 0 radical (unpaired) electrons. The molecule has 90 valence electrons. The number of amides is 1. The molecular formula is C11H17NO4. The third-order valence-electron chi connectivity index (χ3n) is 3.56. The van der Waals surface area contributed by atoms with E-state index in [2.05, 4.69) is 0 Å². The SMILES string of the molecule is O=C(O)C1CC(=O)N(CC2CCC(O)C2)C1. The van der Waals surface area contributed by atoms with Crippen molar-refractivity contribution in [3.05, 3.63) is 0 Å². The van der Waals surface area contributed by atoms with Crippen LogP contribution in [0.1, 0.15) is 25.7 Å². The van der Waals surface area contributed by atoms with Crippen molar-refractivity contribution in [2.24, 2.45) is 11.8 Å². The molecule has 3 unspecified atom stereocenters. The fraction of sp³-hybridized carbons (Fsp3) is 0.818. The van der Waals surface area contributed by atoms with Crippen molar-refractivity contribution in [2.75, 3.05) is 13.1 Å². The van der Waals surface area contributed by atoms with E-state index < -0.39 is 11.9 Å². The first-order valence-electron chi connectivity index (χ1n) is 5.75. The molecule has 1 amide bonds. The lowest BCUT2D eigenvalue weighted by atomic mass is 10.1. The van der Waals surface area contributed by atoms with Crippen molar-refractivity contribution < 1.29 is 19.8 Å². The van der Waals surface area contributed by atoms with Gasteiger partial charge in [0.2, 0.25) is 5.91 Å². The van der Waals surface area contributed by atoms with Crippen LogP contribution in [0.2, 0.25) is 0 Å². The van der Waals surface area contributed by atoms with Crippen LogP contribution in [0.15, 0.2) is 0 Å². The fourth-order valence-electron chi connectivity index (χ4n) is 2.64. The molecular weight excluding hydrogens is 210 g/mol. The van der Waals surface area contributed by atoms with Gasteiger partial charge in [-0.1, -0.05) is 0 Å². The second-order valence-electron chi connectivity index (χ2n) is 4.87. The Balaban J connectivity index is 1.86. The van der Waals surface area contributed by atoms with Gasteiger partial charge in [0.05, 0.1) is 12.0 Å². The lowest BCUT2D eigenvalue weighted by Gasteiger charge is -2.20. The standard InChI is InChI=1S/C11H17NO4/c13-9-2-1-7(3-9)5-12-6-8(11(15)16)4-10(12)14/h7-9,13H,1-6H2,(H,15,16). The molecule has 1 aliphatic heterocycles. The number of aliphatic hydroxyl groups excluding tert-OH is 1. The lowest BCUT2D eigenvalue weighted by Crippen LogP contribution is -2.31. The van der Waals surface area contributed by atoms with E-state index in [-0.39, 0.29) is 18.4 Å². The van der Waals surface area contributed by atoms with Crippen LogP contribution in [0.5, 0.6) is 0 Å². The number of aliphatic carboxylic acids is 1. The summed E-state index contributed by atoms with van der Waals surface area (Å²) in [5.41, 5.74) is 0. The maximum absolute atomic E-state index is 11.6.